The predicted octanol–water partition coefficient (Wildman–Crippen LogP) is 3.64. The van der Waals surface area contributed by atoms with Crippen molar-refractivity contribution in [2.45, 2.75) is 13.3 Å². The van der Waals surface area contributed by atoms with Gasteiger partial charge in [0.25, 0.3) is 5.56 Å². The third-order valence-electron chi connectivity index (χ3n) is 4.20. The highest BCUT2D eigenvalue weighted by atomic mass is 35.5. The number of fused-ring (bicyclic) bond motifs is 1. The highest BCUT2D eigenvalue weighted by Gasteiger charge is 2.15. The van der Waals surface area contributed by atoms with Crippen LogP contribution in [0.1, 0.15) is 16.8 Å². The number of pyridine rings is 1. The van der Waals surface area contributed by atoms with Crippen LogP contribution in [0.5, 0.6) is 0 Å². The number of benzene rings is 1. The van der Waals surface area contributed by atoms with E-state index in [0.717, 1.165) is 22.4 Å². The normalized spacial score (nSPS) is 11.1. The fourth-order valence-electron chi connectivity index (χ4n) is 2.95. The summed E-state index contributed by atoms with van der Waals surface area (Å²) in [7, 11) is 0. The van der Waals surface area contributed by atoms with Crippen LogP contribution in [0.15, 0.2) is 59.8 Å². The lowest BCUT2D eigenvalue weighted by Gasteiger charge is -2.07. The standard InChI is InChI=1S/C19H15ClN4O/c1-12-16(9-13-4-2-6-15(20)8-13)19(25)24-18(23-12)17(11-22-24)14-5-3-7-21-10-14/h2-8,10-11,22H,9H2,1H3. The van der Waals surface area contributed by atoms with Crippen LogP contribution in [0.25, 0.3) is 16.8 Å². The Balaban J connectivity index is 1.85. The van der Waals surface area contributed by atoms with Gasteiger partial charge in [-0.25, -0.2) is 9.50 Å². The molecular weight excluding hydrogens is 336 g/mol. The van der Waals surface area contributed by atoms with Crippen LogP contribution in [0.4, 0.5) is 0 Å². The van der Waals surface area contributed by atoms with E-state index < -0.39 is 0 Å². The van der Waals surface area contributed by atoms with Gasteiger partial charge in [-0.3, -0.25) is 14.9 Å². The van der Waals surface area contributed by atoms with E-state index in [1.165, 1.54) is 4.52 Å². The van der Waals surface area contributed by atoms with Gasteiger partial charge in [-0.05, 0) is 30.7 Å². The van der Waals surface area contributed by atoms with Gasteiger partial charge in [0.05, 0.1) is 0 Å². The molecule has 3 heterocycles. The maximum atomic E-state index is 12.9. The van der Waals surface area contributed by atoms with Gasteiger partial charge in [-0.15, -0.1) is 0 Å². The van der Waals surface area contributed by atoms with Gasteiger partial charge in [0.1, 0.15) is 0 Å². The van der Waals surface area contributed by atoms with Gasteiger partial charge in [-0.2, -0.15) is 0 Å². The van der Waals surface area contributed by atoms with Crippen molar-refractivity contribution >= 4 is 17.2 Å². The largest absolute Gasteiger partial charge is 0.296 e. The van der Waals surface area contributed by atoms with E-state index in [-0.39, 0.29) is 5.56 Å². The highest BCUT2D eigenvalue weighted by molar-refractivity contribution is 6.30. The second-order valence-electron chi connectivity index (χ2n) is 5.88. The molecule has 0 bridgehead atoms. The summed E-state index contributed by atoms with van der Waals surface area (Å²) in [6.45, 7) is 1.86. The molecular formula is C19H15ClN4O. The molecule has 0 fully saturated rings. The molecule has 1 aromatic carbocycles. The maximum absolute atomic E-state index is 12.9. The monoisotopic (exact) mass is 350 g/mol. The lowest BCUT2D eigenvalue weighted by molar-refractivity contribution is 0.860. The zero-order valence-corrected chi connectivity index (χ0v) is 14.3. The van der Waals surface area contributed by atoms with Crippen LogP contribution in [0.3, 0.4) is 0 Å². The van der Waals surface area contributed by atoms with Crippen LogP contribution in [0, 0.1) is 6.92 Å². The average molecular weight is 351 g/mol. The number of H-pyrrole nitrogens is 1. The Hall–Kier alpha value is -2.92. The minimum Gasteiger partial charge on any atom is -0.296 e. The number of aromatic amines is 1. The van der Waals surface area contributed by atoms with Gasteiger partial charge < -0.3 is 0 Å². The number of nitrogens with one attached hydrogen (secondary N) is 1. The van der Waals surface area contributed by atoms with Crippen LogP contribution >= 0.6 is 11.6 Å². The SMILES string of the molecule is Cc1nc2c(-c3cccnc3)c[nH]n2c(=O)c1Cc1cccc(Cl)c1. The second kappa shape index (κ2) is 6.18. The first-order valence-electron chi connectivity index (χ1n) is 7.88. The summed E-state index contributed by atoms with van der Waals surface area (Å²) in [5.74, 6) is 0. The first-order valence-corrected chi connectivity index (χ1v) is 8.26. The lowest BCUT2D eigenvalue weighted by atomic mass is 10.0. The van der Waals surface area contributed by atoms with E-state index in [1.807, 2.05) is 43.3 Å². The van der Waals surface area contributed by atoms with Crippen molar-refractivity contribution in [3.05, 3.63) is 87.2 Å². The first-order chi connectivity index (χ1) is 12.1. The predicted molar refractivity (Wildman–Crippen MR) is 98.0 cm³/mol. The smallest absolute Gasteiger partial charge is 0.276 e. The van der Waals surface area contributed by atoms with E-state index in [1.54, 1.807) is 18.6 Å². The summed E-state index contributed by atoms with van der Waals surface area (Å²) in [5.41, 5.74) is 4.61. The third-order valence-corrected chi connectivity index (χ3v) is 4.44. The molecule has 0 saturated carbocycles. The molecule has 6 heteroatoms. The van der Waals surface area contributed by atoms with Gasteiger partial charge in [0.15, 0.2) is 5.65 Å². The second-order valence-corrected chi connectivity index (χ2v) is 6.31. The molecule has 0 aliphatic rings. The minimum atomic E-state index is -0.0994. The number of rotatable bonds is 3. The van der Waals surface area contributed by atoms with Gasteiger partial charge in [0, 0.05) is 52.4 Å². The van der Waals surface area contributed by atoms with Crippen LogP contribution in [-0.4, -0.2) is 19.6 Å². The van der Waals surface area contributed by atoms with Crippen molar-refractivity contribution in [2.24, 2.45) is 0 Å². The molecule has 0 radical (unpaired) electrons. The molecule has 3 aromatic heterocycles. The highest BCUT2D eigenvalue weighted by Crippen LogP contribution is 2.22. The van der Waals surface area contributed by atoms with E-state index in [2.05, 4.69) is 15.1 Å². The average Bonchev–Trinajstić information content (AvgIpc) is 3.03. The van der Waals surface area contributed by atoms with Gasteiger partial charge in [-0.1, -0.05) is 29.8 Å². The maximum Gasteiger partial charge on any atom is 0.276 e. The Morgan fingerprint density at radius 1 is 1.24 bits per heavy atom. The molecule has 4 rings (SSSR count). The Kier molecular flexibility index (Phi) is 3.86. The topological polar surface area (TPSA) is 63.1 Å². The Labute approximate surface area is 148 Å². The van der Waals surface area contributed by atoms with Crippen LogP contribution in [0.2, 0.25) is 5.02 Å². The number of hydrogen-bond donors (Lipinski definition) is 1. The zero-order valence-electron chi connectivity index (χ0n) is 13.5. The summed E-state index contributed by atoms with van der Waals surface area (Å²) >= 11 is 6.05. The Bertz CT molecular complexity index is 1120. The molecule has 0 unspecified atom stereocenters. The molecule has 0 spiro atoms. The molecule has 0 saturated heterocycles. The Morgan fingerprint density at radius 3 is 2.88 bits per heavy atom. The number of nitrogens with zero attached hydrogens (tertiary/aromatic N) is 3. The summed E-state index contributed by atoms with van der Waals surface area (Å²) < 4.78 is 1.48. The molecule has 0 amide bonds. The van der Waals surface area contributed by atoms with Crippen molar-refractivity contribution < 1.29 is 0 Å². The number of halogens is 1. The molecule has 1 N–H and O–H groups in total. The third kappa shape index (κ3) is 2.83. The van der Waals surface area contributed by atoms with Gasteiger partial charge >= 0.3 is 0 Å². The van der Waals surface area contributed by atoms with Crippen molar-refractivity contribution in [3.8, 4) is 11.1 Å². The lowest BCUT2D eigenvalue weighted by Crippen LogP contribution is -2.22. The van der Waals surface area contributed by atoms with Crippen molar-refractivity contribution in [2.75, 3.05) is 0 Å². The summed E-state index contributed by atoms with van der Waals surface area (Å²) in [4.78, 5) is 21.7. The van der Waals surface area contributed by atoms with E-state index >= 15 is 0 Å². The fraction of sp³-hybridized carbons (Fsp3) is 0.105. The molecule has 0 aliphatic carbocycles. The van der Waals surface area contributed by atoms with E-state index in [4.69, 9.17) is 11.6 Å². The van der Waals surface area contributed by atoms with Crippen LogP contribution in [-0.2, 0) is 6.42 Å². The molecule has 25 heavy (non-hydrogen) atoms. The first kappa shape index (κ1) is 15.6. The molecule has 0 aliphatic heterocycles. The summed E-state index contributed by atoms with van der Waals surface area (Å²) in [6.07, 6.45) is 5.74. The van der Waals surface area contributed by atoms with E-state index in [9.17, 15) is 4.79 Å². The van der Waals surface area contributed by atoms with Crippen molar-refractivity contribution in [3.63, 3.8) is 0 Å². The molecule has 4 aromatic rings. The summed E-state index contributed by atoms with van der Waals surface area (Å²) in [6, 6.07) is 11.3. The fourth-order valence-corrected chi connectivity index (χ4v) is 3.16. The number of aryl methyl sites for hydroxylation is 1. The number of aromatic nitrogens is 4. The molecule has 0 atom stereocenters. The molecule has 124 valence electrons. The Morgan fingerprint density at radius 2 is 2.12 bits per heavy atom. The molecule has 5 nitrogen and oxygen atoms in total. The quantitative estimate of drug-likeness (QED) is 0.613. The van der Waals surface area contributed by atoms with Crippen molar-refractivity contribution in [1.82, 2.24) is 19.6 Å². The minimum absolute atomic E-state index is 0.0994. The summed E-state index contributed by atoms with van der Waals surface area (Å²) in [5, 5.41) is 3.66. The van der Waals surface area contributed by atoms with Crippen LogP contribution < -0.4 is 5.56 Å². The van der Waals surface area contributed by atoms with Gasteiger partial charge in [0.2, 0.25) is 0 Å². The van der Waals surface area contributed by atoms with Crippen molar-refractivity contribution in [1.29, 1.82) is 0 Å². The zero-order chi connectivity index (χ0) is 17.4. The number of hydrogen-bond acceptors (Lipinski definition) is 3. The van der Waals surface area contributed by atoms with E-state index in [0.29, 0.717) is 22.7 Å².